The van der Waals surface area contributed by atoms with E-state index in [0.717, 1.165) is 11.1 Å². The third-order valence-electron chi connectivity index (χ3n) is 3.26. The van der Waals surface area contributed by atoms with Gasteiger partial charge in [0.05, 0.1) is 10.0 Å². The minimum Gasteiger partial charge on any atom is -0.482 e. The van der Waals surface area contributed by atoms with Gasteiger partial charge >= 0.3 is 5.97 Å². The molecule has 6 nitrogen and oxygen atoms in total. The highest BCUT2D eigenvalue weighted by molar-refractivity contribution is 6.36. The normalized spacial score (nSPS) is 10.2. The van der Waals surface area contributed by atoms with E-state index in [1.807, 2.05) is 26.0 Å². The second kappa shape index (κ2) is 8.69. The largest absolute Gasteiger partial charge is 0.482 e. The van der Waals surface area contributed by atoms with E-state index in [4.69, 9.17) is 32.7 Å². The summed E-state index contributed by atoms with van der Waals surface area (Å²) in [7, 11) is 0. The fourth-order valence-electron chi connectivity index (χ4n) is 1.81. The number of anilines is 1. The lowest BCUT2D eigenvalue weighted by atomic mass is 10.1. The zero-order valence-electron chi connectivity index (χ0n) is 13.6. The van der Waals surface area contributed by atoms with Crippen molar-refractivity contribution in [2.45, 2.75) is 13.8 Å². The van der Waals surface area contributed by atoms with Gasteiger partial charge in [0, 0.05) is 6.20 Å². The van der Waals surface area contributed by atoms with E-state index >= 15 is 0 Å². The number of hydrogen-bond donors (Lipinski definition) is 1. The molecule has 1 N–H and O–H groups in total. The highest BCUT2D eigenvalue weighted by Gasteiger charge is 2.11. The van der Waals surface area contributed by atoms with Gasteiger partial charge in [0.25, 0.3) is 5.91 Å². The molecule has 8 heteroatoms. The highest BCUT2D eigenvalue weighted by atomic mass is 35.5. The second-order valence-corrected chi connectivity index (χ2v) is 6.07. The van der Waals surface area contributed by atoms with Crippen LogP contribution in [0.15, 0.2) is 30.5 Å². The molecule has 0 aliphatic heterocycles. The summed E-state index contributed by atoms with van der Waals surface area (Å²) in [6.45, 7) is 3.15. The van der Waals surface area contributed by atoms with Crippen LogP contribution in [0.2, 0.25) is 10.0 Å². The molecule has 0 bridgehead atoms. The predicted octanol–water partition coefficient (Wildman–Crippen LogP) is 3.57. The van der Waals surface area contributed by atoms with Gasteiger partial charge in [0.1, 0.15) is 5.75 Å². The molecule has 2 rings (SSSR count). The van der Waals surface area contributed by atoms with Gasteiger partial charge in [-0.15, -0.1) is 0 Å². The number of benzene rings is 1. The molecule has 1 amide bonds. The number of carbonyl (C=O) groups excluding carboxylic acids is 2. The molecule has 25 heavy (non-hydrogen) atoms. The van der Waals surface area contributed by atoms with Crippen molar-refractivity contribution in [2.75, 3.05) is 18.5 Å². The maximum Gasteiger partial charge on any atom is 0.344 e. The number of amides is 1. The Bertz CT molecular complexity index is 796. The fraction of sp³-hybridized carbons (Fsp3) is 0.235. The SMILES string of the molecule is Cc1ccc(OCC(=O)OCC(=O)Nc2ncc(Cl)cc2Cl)cc1C. The Labute approximate surface area is 155 Å². The second-order valence-electron chi connectivity index (χ2n) is 5.23. The van der Waals surface area contributed by atoms with Crippen LogP contribution in [0.4, 0.5) is 5.82 Å². The van der Waals surface area contributed by atoms with Crippen LogP contribution in [-0.2, 0) is 14.3 Å². The first-order chi connectivity index (χ1) is 11.8. The number of nitrogens with zero attached hydrogens (tertiary/aromatic N) is 1. The molecule has 132 valence electrons. The van der Waals surface area contributed by atoms with Gasteiger partial charge in [-0.25, -0.2) is 9.78 Å². The molecule has 2 aromatic rings. The summed E-state index contributed by atoms with van der Waals surface area (Å²) >= 11 is 11.6. The van der Waals surface area contributed by atoms with Gasteiger partial charge in [-0.2, -0.15) is 0 Å². The molecule has 0 spiro atoms. The number of rotatable bonds is 6. The van der Waals surface area contributed by atoms with E-state index in [1.54, 1.807) is 6.07 Å². The van der Waals surface area contributed by atoms with E-state index in [9.17, 15) is 9.59 Å². The Morgan fingerprint density at radius 2 is 1.88 bits per heavy atom. The third kappa shape index (κ3) is 5.92. The molecule has 1 aromatic heterocycles. The van der Waals surface area contributed by atoms with Crippen LogP contribution in [0.5, 0.6) is 5.75 Å². The molecule has 1 aromatic carbocycles. The van der Waals surface area contributed by atoms with Crippen molar-refractivity contribution in [2.24, 2.45) is 0 Å². The summed E-state index contributed by atoms with van der Waals surface area (Å²) in [5, 5.41) is 2.95. The summed E-state index contributed by atoms with van der Waals surface area (Å²) < 4.78 is 10.2. The number of carbonyl (C=O) groups is 2. The maximum absolute atomic E-state index is 11.7. The van der Waals surface area contributed by atoms with Crippen LogP contribution >= 0.6 is 23.2 Å². The molecule has 0 atom stereocenters. The Kier molecular flexibility index (Phi) is 6.61. The molecular formula is C17H16Cl2N2O4. The van der Waals surface area contributed by atoms with Gasteiger partial charge in [-0.05, 0) is 43.2 Å². The number of nitrogens with one attached hydrogen (secondary N) is 1. The van der Waals surface area contributed by atoms with E-state index in [1.165, 1.54) is 12.3 Å². The number of hydrogen-bond acceptors (Lipinski definition) is 5. The summed E-state index contributed by atoms with van der Waals surface area (Å²) in [6.07, 6.45) is 1.34. The lowest BCUT2D eigenvalue weighted by molar-refractivity contribution is -0.149. The Hall–Kier alpha value is -2.31. The van der Waals surface area contributed by atoms with Crippen molar-refractivity contribution in [3.63, 3.8) is 0 Å². The highest BCUT2D eigenvalue weighted by Crippen LogP contribution is 2.22. The first-order valence-electron chi connectivity index (χ1n) is 7.31. The summed E-state index contributed by atoms with van der Waals surface area (Å²) in [5.74, 6) is -0.542. The first-order valence-corrected chi connectivity index (χ1v) is 8.07. The zero-order valence-corrected chi connectivity index (χ0v) is 15.1. The molecule has 0 fully saturated rings. The van der Waals surface area contributed by atoms with E-state index in [2.05, 4.69) is 10.3 Å². The fourth-order valence-corrected chi connectivity index (χ4v) is 2.24. The lowest BCUT2D eigenvalue weighted by Crippen LogP contribution is -2.24. The summed E-state index contributed by atoms with van der Waals surface area (Å²) in [6, 6.07) is 6.92. The Morgan fingerprint density at radius 1 is 1.12 bits per heavy atom. The van der Waals surface area contributed by atoms with Crippen LogP contribution < -0.4 is 10.1 Å². The van der Waals surface area contributed by atoms with Crippen molar-refractivity contribution in [1.29, 1.82) is 0 Å². The molecule has 1 heterocycles. The van der Waals surface area contributed by atoms with Crippen LogP contribution in [0, 0.1) is 13.8 Å². The quantitative estimate of drug-likeness (QED) is 0.772. The van der Waals surface area contributed by atoms with Crippen LogP contribution in [0.3, 0.4) is 0 Å². The van der Waals surface area contributed by atoms with Crippen molar-refractivity contribution in [3.05, 3.63) is 51.6 Å². The van der Waals surface area contributed by atoms with Gasteiger partial charge in [0.2, 0.25) is 0 Å². The van der Waals surface area contributed by atoms with Gasteiger partial charge in [0.15, 0.2) is 19.0 Å². The summed E-state index contributed by atoms with van der Waals surface area (Å²) in [4.78, 5) is 27.3. The molecule has 0 saturated heterocycles. The minimum absolute atomic E-state index is 0.137. The number of pyridine rings is 1. The number of ether oxygens (including phenoxy) is 2. The van der Waals surface area contributed by atoms with E-state index in [0.29, 0.717) is 10.8 Å². The predicted molar refractivity (Wildman–Crippen MR) is 95.3 cm³/mol. The molecular weight excluding hydrogens is 367 g/mol. The van der Waals surface area contributed by atoms with Gasteiger partial charge < -0.3 is 14.8 Å². The first kappa shape index (κ1) is 19.0. The van der Waals surface area contributed by atoms with E-state index in [-0.39, 0.29) is 17.4 Å². The van der Waals surface area contributed by atoms with Crippen molar-refractivity contribution < 1.29 is 19.1 Å². The molecule has 0 unspecified atom stereocenters. The number of aryl methyl sites for hydroxylation is 2. The van der Waals surface area contributed by atoms with Crippen LogP contribution in [0.25, 0.3) is 0 Å². The van der Waals surface area contributed by atoms with Crippen molar-refractivity contribution in [1.82, 2.24) is 4.98 Å². The Morgan fingerprint density at radius 3 is 2.56 bits per heavy atom. The molecule has 0 aliphatic carbocycles. The molecule has 0 saturated carbocycles. The smallest absolute Gasteiger partial charge is 0.344 e. The Balaban J connectivity index is 1.77. The molecule has 0 radical (unpaired) electrons. The topological polar surface area (TPSA) is 77.5 Å². The number of esters is 1. The monoisotopic (exact) mass is 382 g/mol. The number of halogens is 2. The average Bonchev–Trinajstić information content (AvgIpc) is 2.56. The average molecular weight is 383 g/mol. The van der Waals surface area contributed by atoms with Gasteiger partial charge in [-0.3, -0.25) is 4.79 Å². The minimum atomic E-state index is -0.663. The van der Waals surface area contributed by atoms with E-state index < -0.39 is 18.5 Å². The number of aromatic nitrogens is 1. The van der Waals surface area contributed by atoms with Crippen LogP contribution in [0.1, 0.15) is 11.1 Å². The maximum atomic E-state index is 11.7. The third-order valence-corrected chi connectivity index (χ3v) is 3.76. The van der Waals surface area contributed by atoms with Crippen LogP contribution in [-0.4, -0.2) is 30.1 Å². The lowest BCUT2D eigenvalue weighted by Gasteiger charge is -2.09. The van der Waals surface area contributed by atoms with Crippen molar-refractivity contribution >= 4 is 40.9 Å². The molecule has 0 aliphatic rings. The van der Waals surface area contributed by atoms with Gasteiger partial charge in [-0.1, -0.05) is 29.3 Å². The van der Waals surface area contributed by atoms with Crippen molar-refractivity contribution in [3.8, 4) is 5.75 Å². The zero-order chi connectivity index (χ0) is 18.4. The summed E-state index contributed by atoms with van der Waals surface area (Å²) in [5.41, 5.74) is 2.18. The standard InChI is InChI=1S/C17H16Cl2N2O4/c1-10-3-4-13(5-11(10)2)24-9-16(23)25-8-15(22)21-17-14(19)6-12(18)7-20-17/h3-7H,8-9H2,1-2H3,(H,20,21,22).